The topological polar surface area (TPSA) is 551 Å². The average molecular weight is 1800 g/mol. The van der Waals surface area contributed by atoms with Gasteiger partial charge in [-0.15, -0.1) is 0 Å². The monoisotopic (exact) mass is 1800 g/mol. The van der Waals surface area contributed by atoms with Gasteiger partial charge in [0.25, 0.3) is 0 Å². The van der Waals surface area contributed by atoms with E-state index in [4.69, 9.17) is 67.7 Å². The van der Waals surface area contributed by atoms with Gasteiger partial charge in [-0.1, -0.05) is 47.0 Å². The van der Waals surface area contributed by atoms with Gasteiger partial charge in [-0.25, -0.2) is 4.79 Å². The number of carbonyl (C=O) groups is 7. The van der Waals surface area contributed by atoms with E-state index in [0.29, 0.717) is 44.5 Å². The third-order valence-electron chi connectivity index (χ3n) is 17.6. The van der Waals surface area contributed by atoms with Crippen molar-refractivity contribution in [3.05, 3.63) is 0 Å². The van der Waals surface area contributed by atoms with Crippen molar-refractivity contribution < 1.29 is 169 Å². The van der Waals surface area contributed by atoms with Crippen LogP contribution in [0.25, 0.3) is 0 Å². The molecule has 4 aliphatic heterocycles. The summed E-state index contributed by atoms with van der Waals surface area (Å²) >= 11 is 4.96. The number of rotatable bonds is 53. The molecular formula is C67H123AuN7O30S3. The van der Waals surface area contributed by atoms with E-state index in [-0.39, 0.29) is 119 Å². The van der Waals surface area contributed by atoms with Gasteiger partial charge in [0, 0.05) is 110 Å². The van der Waals surface area contributed by atoms with Crippen molar-refractivity contribution in [3.8, 4) is 0 Å². The molecule has 19 N–H and O–H groups in total. The zero-order chi connectivity index (χ0) is 79.4. The number of aliphatic carboxylic acids is 1. The van der Waals surface area contributed by atoms with Crippen molar-refractivity contribution in [1.82, 2.24) is 31.9 Å². The molecule has 23 atom stereocenters. The standard InChI is InChI=1S/C64H114N6O30S2.C3H9NS.Au/c1-7-11-13-36(60(87)69-18-23-101-5)26-37(61(88)70-19-24-102-6)25-35(10-4)59(86)68-17-16-67-44(72)32-92-57-42(27-89-20-9-3)100-63(56(85)54(57)83)95-29-40-49(78)52(81)55(84)62(98-40)94-30-41-50(79)53(82)58(64(99-41)96-28-39-48(77)51(80)47(76)38(97-39)12-8-2)93-33-45(73)66-15-14-65-43(71)31-90-21-22-91-34-46(74)75;1-5-3-2-4;/h35-42,47-58,62-64,76-85H,7-34H2,1-6H3,(H,65,71)(H,66,73)(H,67,72)(H,68,86)(H,69,87)(H,70,88)(H,74,75);2-4H2,1H3;. The van der Waals surface area contributed by atoms with Gasteiger partial charge >= 0.3 is 5.97 Å². The normalized spacial score (nSPS) is 29.2. The Labute approximate surface area is 660 Å². The van der Waals surface area contributed by atoms with Crippen LogP contribution in [0, 0.1) is 17.8 Å². The summed E-state index contributed by atoms with van der Waals surface area (Å²) in [5.41, 5.74) is 5.12. The van der Waals surface area contributed by atoms with Crippen molar-refractivity contribution in [2.45, 2.75) is 208 Å². The van der Waals surface area contributed by atoms with E-state index in [1.54, 1.807) is 42.2 Å². The number of carboxylic acids is 1. The number of amides is 6. The van der Waals surface area contributed by atoms with Crippen LogP contribution >= 0.6 is 35.3 Å². The van der Waals surface area contributed by atoms with Crippen molar-refractivity contribution in [1.29, 1.82) is 0 Å². The van der Waals surface area contributed by atoms with Crippen LogP contribution in [0.1, 0.15) is 85.5 Å². The molecule has 41 heteroatoms. The summed E-state index contributed by atoms with van der Waals surface area (Å²) in [5, 5.41) is 136. The molecule has 4 saturated heterocycles. The Morgan fingerprint density at radius 3 is 1.34 bits per heavy atom. The molecule has 37 nitrogen and oxygen atoms in total. The minimum Gasteiger partial charge on any atom is -0.480 e. The zero-order valence-corrected chi connectivity index (χ0v) is 67.4. The Bertz CT molecular complexity index is 2500. The van der Waals surface area contributed by atoms with Gasteiger partial charge in [0.15, 0.2) is 18.9 Å². The SMILES string of the molecule is CCCCC(CC(CC(CC)C(=O)NCCNC(=O)COC1C(COCCC)OC(OCC2OC(OCC3OC(OCC4OC(CCC)C(O)C(O)C4O)C(OCC(=O)NCCNC(=O)COCCOCC(=O)O)C(O)C3O)C(O)C(O)C2O)C(O)C1O)C(=O)NCCSC)C(=O)NCCSC.CSCCN.[Au]. The second kappa shape index (κ2) is 58.1. The number of hydrogen-bond acceptors (Lipinski definition) is 33. The third kappa shape index (κ3) is 36.8. The summed E-state index contributed by atoms with van der Waals surface area (Å²) in [6.45, 7) is 4.50. The van der Waals surface area contributed by atoms with Gasteiger partial charge in [-0.2, -0.15) is 35.3 Å². The summed E-state index contributed by atoms with van der Waals surface area (Å²) in [7, 11) is 0. The van der Waals surface area contributed by atoms with Gasteiger partial charge in [0.2, 0.25) is 35.4 Å². The quantitative estimate of drug-likeness (QED) is 0.0200. The number of nitrogens with two attached hydrogens (primary N) is 1. The van der Waals surface area contributed by atoms with Gasteiger partial charge in [-0.05, 0) is 57.3 Å². The molecule has 4 aliphatic rings. The van der Waals surface area contributed by atoms with Gasteiger partial charge in [0.1, 0.15) is 124 Å². The molecule has 635 valence electrons. The number of aliphatic hydroxyl groups excluding tert-OH is 10. The van der Waals surface area contributed by atoms with Crippen LogP contribution in [0.2, 0.25) is 0 Å². The molecule has 0 aliphatic carbocycles. The van der Waals surface area contributed by atoms with E-state index in [1.807, 2.05) is 39.5 Å². The first-order valence-electron chi connectivity index (χ1n) is 36.5. The van der Waals surface area contributed by atoms with Crippen molar-refractivity contribution >= 4 is 76.7 Å². The first kappa shape index (κ1) is 101. The molecule has 0 spiro atoms. The fourth-order valence-electron chi connectivity index (χ4n) is 11.6. The summed E-state index contributed by atoms with van der Waals surface area (Å²) in [4.78, 5) is 89.3. The summed E-state index contributed by atoms with van der Waals surface area (Å²) in [6, 6.07) is 0. The number of nitrogens with one attached hydrogen (secondary N) is 6. The van der Waals surface area contributed by atoms with Crippen LogP contribution in [0.4, 0.5) is 0 Å². The predicted octanol–water partition coefficient (Wildman–Crippen LogP) is -5.34. The first-order chi connectivity index (χ1) is 51.3. The van der Waals surface area contributed by atoms with Crippen LogP contribution in [-0.2, 0) is 113 Å². The Hall–Kier alpha value is -2.84. The fraction of sp³-hybridized carbons (Fsp3) is 0.896. The molecule has 4 fully saturated rings. The predicted molar refractivity (Wildman–Crippen MR) is 389 cm³/mol. The molecule has 6 amide bonds. The second-order valence-corrected chi connectivity index (χ2v) is 28.9. The summed E-state index contributed by atoms with van der Waals surface area (Å²) in [5.74, 6) is -2.93. The number of hydrogen-bond donors (Lipinski definition) is 18. The molecule has 0 aromatic rings. The second-order valence-electron chi connectivity index (χ2n) is 26.0. The van der Waals surface area contributed by atoms with Crippen LogP contribution < -0.4 is 37.6 Å². The molecular weight excluding hydrogens is 1680 g/mol. The average Bonchev–Trinajstić information content (AvgIpc) is 0.802. The maximum atomic E-state index is 13.6. The molecule has 0 bridgehead atoms. The Morgan fingerprint density at radius 2 is 0.833 bits per heavy atom. The van der Waals surface area contributed by atoms with Crippen molar-refractivity contribution in [2.24, 2.45) is 23.5 Å². The smallest absolute Gasteiger partial charge is 0.329 e. The van der Waals surface area contributed by atoms with Crippen LogP contribution in [0.5, 0.6) is 0 Å². The summed E-state index contributed by atoms with van der Waals surface area (Å²) < 4.78 is 68.5. The fourth-order valence-corrected chi connectivity index (χ4v) is 12.5. The molecule has 0 aromatic carbocycles. The van der Waals surface area contributed by atoms with Gasteiger partial charge in [0.05, 0.1) is 45.7 Å². The van der Waals surface area contributed by atoms with E-state index in [1.165, 1.54) is 0 Å². The van der Waals surface area contributed by atoms with Crippen LogP contribution in [0.15, 0.2) is 0 Å². The van der Waals surface area contributed by atoms with E-state index in [2.05, 4.69) is 31.9 Å². The zero-order valence-electron chi connectivity index (χ0n) is 62.8. The molecule has 0 aromatic heterocycles. The van der Waals surface area contributed by atoms with E-state index in [9.17, 15) is 84.6 Å². The van der Waals surface area contributed by atoms with Gasteiger partial charge < -0.3 is 151 Å². The number of carbonyl (C=O) groups excluding carboxylic acids is 6. The maximum Gasteiger partial charge on any atom is 0.329 e. The largest absolute Gasteiger partial charge is 0.480 e. The third-order valence-corrected chi connectivity index (χ3v) is 19.5. The minimum absolute atomic E-state index is 0. The molecule has 0 saturated carbocycles. The number of unbranched alkanes of at least 4 members (excludes halogenated alkanes) is 1. The Morgan fingerprint density at radius 1 is 0.407 bits per heavy atom. The van der Waals surface area contributed by atoms with Gasteiger partial charge in [-0.3, -0.25) is 28.8 Å². The molecule has 1 radical (unpaired) electrons. The Kier molecular flexibility index (Phi) is 54.4. The van der Waals surface area contributed by atoms with E-state index >= 15 is 0 Å². The van der Waals surface area contributed by atoms with Crippen LogP contribution in [0.3, 0.4) is 0 Å². The van der Waals surface area contributed by atoms with Crippen molar-refractivity contribution in [3.63, 3.8) is 0 Å². The maximum absolute atomic E-state index is 13.6. The molecule has 23 unspecified atom stereocenters. The minimum atomic E-state index is -1.99. The molecule has 4 rings (SSSR count). The number of thioether (sulfide) groups is 3. The molecule has 108 heavy (non-hydrogen) atoms. The number of aliphatic hydroxyl groups is 10. The van der Waals surface area contributed by atoms with Crippen LogP contribution in [-0.4, -0.2) is 375 Å². The number of ether oxygens (including phenoxy) is 12. The summed E-state index contributed by atoms with van der Waals surface area (Å²) in [6.07, 6.45) is -22.7. The molecule has 4 heterocycles. The number of carboxylic acid groups (broad SMARTS) is 1. The van der Waals surface area contributed by atoms with E-state index < -0.39 is 204 Å². The van der Waals surface area contributed by atoms with E-state index in [0.717, 1.165) is 30.9 Å². The Balaban J connectivity index is 0.00000637. The van der Waals surface area contributed by atoms with Crippen molar-refractivity contribution in [2.75, 3.05) is 155 Å². The first-order valence-corrected chi connectivity index (χ1v) is 40.7.